The van der Waals surface area contributed by atoms with Crippen molar-refractivity contribution in [2.75, 3.05) is 19.0 Å². The Morgan fingerprint density at radius 3 is 1.94 bits per heavy atom. The van der Waals surface area contributed by atoms with Crippen molar-refractivity contribution >= 4 is 82.1 Å². The number of phenolic OH excluding ortho intramolecular Hbond substituents is 3. The van der Waals surface area contributed by atoms with Gasteiger partial charge in [-0.1, -0.05) is 67.4 Å². The summed E-state index contributed by atoms with van der Waals surface area (Å²) < 4.78 is 81.8. The third-order valence-corrected chi connectivity index (χ3v) is 21.6. The predicted molar refractivity (Wildman–Crippen MR) is 419 cm³/mol. The van der Waals surface area contributed by atoms with Crippen LogP contribution in [0.25, 0.3) is 11.1 Å². The zero-order valence-electron chi connectivity index (χ0n) is 65.0. The van der Waals surface area contributed by atoms with Crippen LogP contribution in [0.1, 0.15) is 121 Å². The molecule has 2 saturated heterocycles. The fraction of sp³-hybridized carbons (Fsp3) is 0.370. The Hall–Kier alpha value is -11.7. The number of carboxylic acid groups (broad SMARTS) is 1. The second-order valence-electron chi connectivity index (χ2n) is 30.2. The number of likely N-dealkylation sites (N-methyl/N-ethyl adjacent to an activating group) is 1. The van der Waals surface area contributed by atoms with Crippen LogP contribution >= 0.6 is 23.2 Å². The van der Waals surface area contributed by atoms with Gasteiger partial charge in [-0.2, -0.15) is 0 Å². The number of phenols is 3. The number of carbonyl (C=O) groups is 9. The molecule has 21 N–H and O–H groups in total. The van der Waals surface area contributed by atoms with E-state index < -0.39 is 271 Å². The molecule has 0 aliphatic carbocycles. The van der Waals surface area contributed by atoms with Crippen molar-refractivity contribution in [3.63, 3.8) is 0 Å². The maximum Gasteiger partial charge on any atom is 0.573 e. The molecule has 8 amide bonds. The van der Waals surface area contributed by atoms with E-state index in [9.17, 15) is 93.0 Å². The quantitative estimate of drug-likeness (QED) is 0.0542. The van der Waals surface area contributed by atoms with Crippen LogP contribution in [-0.4, -0.2) is 203 Å². The van der Waals surface area contributed by atoms with E-state index in [-0.39, 0.29) is 47.7 Å². The lowest BCUT2D eigenvalue weighted by Crippen LogP contribution is -2.65. The van der Waals surface area contributed by atoms with Crippen molar-refractivity contribution < 1.29 is 141 Å². The summed E-state index contributed by atoms with van der Waals surface area (Å²) in [5.74, 6) is -17.9. The normalized spacial score (nSPS) is 26.4. The SMILES string of the molecule is CN[C@H](CC(C)C)C(=O)N[C@H]1C(=O)N[C@@H](CC(N)=O)C(=O)N[C@H]2C(=O)N[C@H]3C(=O)N[C@H](C(=O)N[C@@H](C(=O)O)c4cc(O)cc(O)c4-c4cc3ccc4O)[C@H](O)c3ccc(c(Cl)c3)Oc3cc2cc(c3O[C@@H]2O[C@H](CO)[C@@H](O)[C@H](O)[C@H]2OC2C[C@](C)(NCc3cccc(NC(=O)c4ccc(OC(F)(F)F)cc4)c3)[C@H](O)[C@H](C)O2)Oc2ccc(cc2Cl)[C@H]1O. The molecule has 7 heterocycles. The maximum absolute atomic E-state index is 16.2. The highest BCUT2D eigenvalue weighted by atomic mass is 35.5. The van der Waals surface area contributed by atoms with Gasteiger partial charge in [-0.25, -0.2) is 4.79 Å². The minimum absolute atomic E-state index is 0.0117. The lowest BCUT2D eigenvalue weighted by molar-refractivity contribution is -0.334. The zero-order chi connectivity index (χ0) is 88.4. The van der Waals surface area contributed by atoms with E-state index in [0.717, 1.165) is 97.1 Å². The number of rotatable bonds is 19. The Kier molecular flexibility index (Phi) is 27.1. The molecular weight excluding hydrogens is 1660 g/mol. The lowest BCUT2D eigenvalue weighted by Gasteiger charge is -2.48. The number of aliphatic hydroxyl groups is 6. The maximum atomic E-state index is 16.2. The third kappa shape index (κ3) is 20.1. The molecule has 14 rings (SSSR count). The number of alkyl halides is 3. The number of aliphatic carboxylic acids is 1. The van der Waals surface area contributed by atoms with Gasteiger partial charge in [0.1, 0.15) is 95.2 Å². The molecule has 7 aromatic carbocycles. The summed E-state index contributed by atoms with van der Waals surface area (Å²) >= 11 is 14.3. The second-order valence-corrected chi connectivity index (χ2v) is 31.0. The Morgan fingerprint density at radius 2 is 1.33 bits per heavy atom. The number of hydrogen-bond donors (Lipinski definition) is 20. The van der Waals surface area contributed by atoms with Crippen molar-refractivity contribution in [1.82, 2.24) is 42.5 Å². The minimum Gasteiger partial charge on any atom is -0.508 e. The van der Waals surface area contributed by atoms with Crippen molar-refractivity contribution in [2.45, 2.75) is 169 Å². The van der Waals surface area contributed by atoms with Gasteiger partial charge in [0.15, 0.2) is 29.9 Å². The number of nitrogens with one attached hydrogen (secondary N) is 9. The van der Waals surface area contributed by atoms with E-state index in [1.807, 2.05) is 0 Å². The van der Waals surface area contributed by atoms with E-state index in [1.54, 1.807) is 45.0 Å². The molecule has 1 unspecified atom stereocenters. The molecule has 36 nitrogen and oxygen atoms in total. The number of anilines is 1. The number of carbonyl (C=O) groups excluding carboxylic acids is 8. The summed E-state index contributed by atoms with van der Waals surface area (Å²) in [5.41, 5.74) is 2.04. The number of benzene rings is 7. The van der Waals surface area contributed by atoms with Crippen LogP contribution in [0, 0.1) is 5.92 Å². The van der Waals surface area contributed by atoms with E-state index in [4.69, 9.17) is 57.4 Å². The minimum atomic E-state index is -4.97. The summed E-state index contributed by atoms with van der Waals surface area (Å²) in [6.45, 7) is 5.61. The molecule has 122 heavy (non-hydrogen) atoms. The van der Waals surface area contributed by atoms with Gasteiger partial charge in [0.05, 0.1) is 41.3 Å². The molecule has 41 heteroatoms. The van der Waals surface area contributed by atoms with Gasteiger partial charge in [0, 0.05) is 52.5 Å². The van der Waals surface area contributed by atoms with Crippen LogP contribution in [0.15, 0.2) is 127 Å². The average Bonchev–Trinajstić information content (AvgIpc) is 0.768. The number of aromatic hydroxyl groups is 3. The van der Waals surface area contributed by atoms with Gasteiger partial charge in [0.25, 0.3) is 5.91 Å². The number of hydrogen-bond acceptors (Lipinski definition) is 27. The second kappa shape index (κ2) is 36.9. The molecule has 7 aliphatic rings. The smallest absolute Gasteiger partial charge is 0.508 e. The number of halogens is 5. The molecule has 650 valence electrons. The van der Waals surface area contributed by atoms with Crippen LogP contribution in [0.2, 0.25) is 10.0 Å². The molecule has 0 spiro atoms. The van der Waals surface area contributed by atoms with E-state index in [2.05, 4.69) is 52.6 Å². The van der Waals surface area contributed by atoms with Crippen LogP contribution in [0.4, 0.5) is 18.9 Å². The number of carboxylic acids is 1. The first kappa shape index (κ1) is 89.6. The topological polar surface area (TPSA) is 555 Å². The fourth-order valence-corrected chi connectivity index (χ4v) is 15.2. The van der Waals surface area contributed by atoms with Gasteiger partial charge in [0.2, 0.25) is 53.4 Å². The molecule has 18 atom stereocenters. The summed E-state index contributed by atoms with van der Waals surface area (Å²) in [6.07, 6.45) is -24.7. The van der Waals surface area contributed by atoms with Crippen LogP contribution in [0.5, 0.6) is 51.7 Å². The van der Waals surface area contributed by atoms with E-state index >= 15 is 14.4 Å². The van der Waals surface area contributed by atoms with E-state index in [1.165, 1.54) is 20.0 Å². The number of ether oxygens (including phenoxy) is 7. The van der Waals surface area contributed by atoms with E-state index in [0.29, 0.717) is 5.56 Å². The number of aliphatic hydroxyl groups excluding tert-OH is 6. The summed E-state index contributed by atoms with van der Waals surface area (Å²) in [5, 5.41) is 139. The first-order chi connectivity index (χ1) is 57.7. The van der Waals surface area contributed by atoms with Crippen LogP contribution in [0.3, 0.4) is 0 Å². The Morgan fingerprint density at radius 1 is 0.697 bits per heavy atom. The first-order valence-corrected chi connectivity index (χ1v) is 38.6. The molecule has 0 aromatic heterocycles. The van der Waals surface area contributed by atoms with Crippen molar-refractivity contribution in [2.24, 2.45) is 11.7 Å². The van der Waals surface area contributed by atoms with Gasteiger partial charge >= 0.3 is 12.3 Å². The fourth-order valence-electron chi connectivity index (χ4n) is 14.7. The molecule has 0 radical (unpaired) electrons. The largest absolute Gasteiger partial charge is 0.573 e. The lowest BCUT2D eigenvalue weighted by atomic mass is 9.84. The molecule has 2 fully saturated rings. The molecule has 11 bridgehead atoms. The molecule has 7 aliphatic heterocycles. The zero-order valence-corrected chi connectivity index (χ0v) is 66.5. The molecular formula is C81H85Cl2F3N10O26. The molecule has 0 saturated carbocycles. The highest BCUT2D eigenvalue weighted by Gasteiger charge is 2.52. The number of fused-ring (bicyclic) bond motifs is 15. The molecule has 7 aromatic rings. The first-order valence-electron chi connectivity index (χ1n) is 37.9. The highest BCUT2D eigenvalue weighted by Crippen LogP contribution is 2.50. The summed E-state index contributed by atoms with van der Waals surface area (Å²) in [7, 11) is 1.46. The highest BCUT2D eigenvalue weighted by molar-refractivity contribution is 6.32. The Bertz CT molecular complexity index is 5190. The Labute approximate surface area is 701 Å². The number of amides is 8. The predicted octanol–water partition coefficient (Wildman–Crippen LogP) is 4.09. The average molecular weight is 1740 g/mol. The summed E-state index contributed by atoms with van der Waals surface area (Å²) in [6, 6.07) is 9.27. The van der Waals surface area contributed by atoms with Gasteiger partial charge in [-0.05, 0) is 152 Å². The van der Waals surface area contributed by atoms with Crippen molar-refractivity contribution in [1.29, 1.82) is 0 Å². The van der Waals surface area contributed by atoms with Crippen LogP contribution < -0.4 is 72.5 Å². The van der Waals surface area contributed by atoms with Crippen molar-refractivity contribution in [3.05, 3.63) is 176 Å². The van der Waals surface area contributed by atoms with Gasteiger partial charge in [-0.15, -0.1) is 13.2 Å². The monoisotopic (exact) mass is 1740 g/mol. The standard InChI is InChI=1S/C81H85Cl2F3N10O26/c1-32(2)19-47(88-5)72(108)95-62-64(102)37-12-17-51(45(82)22-37)117-53-24-39-25-54(68(53)121-79-69(67(105)66(104)55(31-97)119-79)120-57-29-80(4,70(106)33(3)116-57)89-30-34-7-6-8-40(20-34)90-71(107)35-9-14-42(15-10-35)122-81(84,85)86)118-52-18-13-38(23-46(52)83)65(103)63-77(113)94-61(78(114)115)44-26-41(98)27-50(100)58(44)43-21-36(11-16-49(43)99)59(74(110)96-63)93-75(111)60(39)92-73(109)48(28-56(87)101)91-76(62)112/h6-18,20-27,32-33,47-48,55,57,59-67,69-70,79,88-89,97-100,102-106H,19,28-31H2,1-5H3,(H2,87,101)(H,90,107)(H,91,112)(H,92,109)(H,93,111)(H,94,113)(H,95,108)(H,96,110)(H,114,115)/t33-,47+,48-,55+,57?,59+,60+,61+,62+,63-,64+,65+,66+,67-,69+,70+,79-,80-/m0/s1. The summed E-state index contributed by atoms with van der Waals surface area (Å²) in [4.78, 5) is 131. The third-order valence-electron chi connectivity index (χ3n) is 21.0. The van der Waals surface area contributed by atoms with Gasteiger partial charge < -0.3 is 138 Å². The number of primary amides is 1. The number of nitrogens with two attached hydrogens (primary N) is 1. The van der Waals surface area contributed by atoms with Gasteiger partial charge in [-0.3, -0.25) is 38.4 Å². The van der Waals surface area contributed by atoms with Crippen LogP contribution in [-0.2, 0) is 59.1 Å². The van der Waals surface area contributed by atoms with Crippen molar-refractivity contribution in [3.8, 4) is 62.9 Å². The Balaban J connectivity index is 1.00.